The monoisotopic (exact) mass is 954 g/mol. The zero-order valence-corrected chi connectivity index (χ0v) is 40.6. The van der Waals surface area contributed by atoms with Crippen LogP contribution in [0.2, 0.25) is 0 Å². The van der Waals surface area contributed by atoms with Crippen LogP contribution in [-0.4, -0.2) is 169 Å². The fraction of sp³-hybridized carbons (Fsp3) is 0.918. The van der Waals surface area contributed by atoms with E-state index in [1.54, 1.807) is 0 Å². The zero-order valence-electron chi connectivity index (χ0n) is 40.6. The van der Waals surface area contributed by atoms with Crippen molar-refractivity contribution in [1.82, 2.24) is 5.32 Å². The first-order valence-electron chi connectivity index (χ1n) is 24.6. The number of aliphatic hydroxyl groups excluding tert-OH is 8. The maximum atomic E-state index is 13.2. The molecule has 0 aromatic rings. The average Bonchev–Trinajstić information content (AvgIpc) is 3.24. The largest absolute Gasteiger partial charge is 0.481 e. The SMILES string of the molecule is CC(=O)NC1C(OC2CCC3(C)C(CCC4(C)C3CC=C3C5CC(C)(C)CCC5(C(=O)O)C(O)CC34C)C2(C)C)OC(COC2OC(C)C(O)C(O)C2OC2OCC(O)C(O)C2O)C(O)C1O. The molecule has 0 aromatic carbocycles. The third kappa shape index (κ3) is 8.26. The van der Waals surface area contributed by atoms with Crippen LogP contribution in [0.5, 0.6) is 0 Å². The summed E-state index contributed by atoms with van der Waals surface area (Å²) < 4.78 is 36.4. The fourth-order valence-electron chi connectivity index (χ4n) is 15.2. The Bertz CT molecular complexity index is 1880. The number of carbonyl (C=O) groups is 2. The highest BCUT2D eigenvalue weighted by atomic mass is 16.8. The Morgan fingerprint density at radius 2 is 1.46 bits per heavy atom. The summed E-state index contributed by atoms with van der Waals surface area (Å²) in [4.78, 5) is 25.8. The van der Waals surface area contributed by atoms with Crippen molar-refractivity contribution in [3.63, 3.8) is 0 Å². The fourth-order valence-corrected chi connectivity index (χ4v) is 15.2. The second kappa shape index (κ2) is 18.0. The molecule has 5 aliphatic carbocycles. The number of rotatable bonds is 9. The number of carbonyl (C=O) groups excluding carboxylic acids is 1. The number of aliphatic hydroxyl groups is 8. The lowest BCUT2D eigenvalue weighted by molar-refractivity contribution is -0.361. The van der Waals surface area contributed by atoms with Crippen LogP contribution in [0.3, 0.4) is 0 Å². The molecule has 1 amide bonds. The van der Waals surface area contributed by atoms with Crippen molar-refractivity contribution in [2.75, 3.05) is 13.2 Å². The predicted molar refractivity (Wildman–Crippen MR) is 236 cm³/mol. The van der Waals surface area contributed by atoms with E-state index < -0.39 is 133 Å². The Morgan fingerprint density at radius 1 is 0.761 bits per heavy atom. The Hall–Kier alpha value is -1.88. The highest BCUT2D eigenvalue weighted by molar-refractivity contribution is 5.77. The minimum absolute atomic E-state index is 0.0448. The molecule has 0 radical (unpaired) electrons. The van der Waals surface area contributed by atoms with E-state index in [1.807, 2.05) is 0 Å². The molecule has 10 N–H and O–H groups in total. The van der Waals surface area contributed by atoms with E-state index in [0.717, 1.165) is 38.5 Å². The summed E-state index contributed by atoms with van der Waals surface area (Å²) in [5, 5.41) is 101. The highest BCUT2D eigenvalue weighted by Crippen LogP contribution is 2.76. The standard InChI is InChI=1S/C49H79NO17/c1-22-33(54)37(58)39(67-41-38(59)34(55)26(52)20-62-41)42(64-22)63-21-27-35(56)36(57)32(50-23(2)51)40(65-27)66-31-13-14-46(7)28(45(31,5)6)12-15-47(8)29(46)11-10-24-25-18-44(3,4)16-17-49(25,43(60)61)30(53)19-48(24,47)9/h10,22,25-42,52-59H,11-21H2,1-9H3,(H,50,51)(H,60,61). The van der Waals surface area contributed by atoms with E-state index in [2.05, 4.69) is 59.9 Å². The molecule has 8 rings (SSSR count). The van der Waals surface area contributed by atoms with Crippen LogP contribution in [0, 0.1) is 50.2 Å². The second-order valence-corrected chi connectivity index (χ2v) is 23.9. The topological polar surface area (TPSA) is 284 Å². The van der Waals surface area contributed by atoms with Gasteiger partial charge in [-0.2, -0.15) is 0 Å². The van der Waals surface area contributed by atoms with E-state index in [4.69, 9.17) is 28.4 Å². The smallest absolute Gasteiger partial charge is 0.312 e. The van der Waals surface area contributed by atoms with Crippen LogP contribution in [-0.2, 0) is 38.0 Å². The summed E-state index contributed by atoms with van der Waals surface area (Å²) in [6.07, 6.45) is -11.7. The number of aliphatic carboxylic acids is 1. The van der Waals surface area contributed by atoms with Crippen molar-refractivity contribution in [2.45, 2.75) is 218 Å². The maximum absolute atomic E-state index is 13.2. The van der Waals surface area contributed by atoms with Gasteiger partial charge in [0.15, 0.2) is 18.9 Å². The van der Waals surface area contributed by atoms with Gasteiger partial charge in [0.1, 0.15) is 66.4 Å². The first kappa shape index (κ1) is 51.5. The normalized spacial score (nSPS) is 52.6. The van der Waals surface area contributed by atoms with Crippen LogP contribution in [0.4, 0.5) is 0 Å². The Labute approximate surface area is 393 Å². The number of nitrogens with one attached hydrogen (secondary N) is 1. The Morgan fingerprint density at radius 3 is 2.13 bits per heavy atom. The van der Waals surface area contributed by atoms with Crippen LogP contribution in [0.25, 0.3) is 0 Å². The zero-order chi connectivity index (χ0) is 49.1. The van der Waals surface area contributed by atoms with Crippen molar-refractivity contribution in [2.24, 2.45) is 50.2 Å². The van der Waals surface area contributed by atoms with Crippen molar-refractivity contribution in [3.8, 4) is 0 Å². The molecule has 3 heterocycles. The quantitative estimate of drug-likeness (QED) is 0.116. The number of amides is 1. The molecule has 0 spiro atoms. The van der Waals surface area contributed by atoms with E-state index in [1.165, 1.54) is 19.4 Å². The number of hydrogen-bond acceptors (Lipinski definition) is 16. The van der Waals surface area contributed by atoms with E-state index in [9.17, 15) is 55.5 Å². The summed E-state index contributed by atoms with van der Waals surface area (Å²) in [5.41, 5.74) is -1.27. The molecule has 7 fully saturated rings. The predicted octanol–water partition coefficient (Wildman–Crippen LogP) is 1.49. The van der Waals surface area contributed by atoms with E-state index in [0.29, 0.717) is 19.3 Å². The van der Waals surface area contributed by atoms with E-state index >= 15 is 0 Å². The van der Waals surface area contributed by atoms with Crippen LogP contribution in [0.15, 0.2) is 11.6 Å². The average molecular weight is 954 g/mol. The first-order valence-corrected chi connectivity index (χ1v) is 24.6. The van der Waals surface area contributed by atoms with Crippen LogP contribution >= 0.6 is 0 Å². The highest BCUT2D eigenvalue weighted by Gasteiger charge is 2.71. The Balaban J connectivity index is 1.01. The van der Waals surface area contributed by atoms with Gasteiger partial charge < -0.3 is 79.7 Å². The van der Waals surface area contributed by atoms with Gasteiger partial charge in [-0.1, -0.05) is 60.1 Å². The van der Waals surface area contributed by atoms with Crippen molar-refractivity contribution < 1.29 is 84.0 Å². The van der Waals surface area contributed by atoms with Gasteiger partial charge in [0.05, 0.1) is 31.5 Å². The van der Waals surface area contributed by atoms with Gasteiger partial charge in [-0.15, -0.1) is 0 Å². The lowest BCUT2D eigenvalue weighted by Gasteiger charge is -2.71. The van der Waals surface area contributed by atoms with Crippen molar-refractivity contribution >= 4 is 11.9 Å². The minimum Gasteiger partial charge on any atom is -0.481 e. The number of carboxylic acids is 1. The molecule has 382 valence electrons. The first-order chi connectivity index (χ1) is 31.1. The molecule has 3 aliphatic heterocycles. The molecule has 8 aliphatic rings. The van der Waals surface area contributed by atoms with E-state index in [-0.39, 0.29) is 40.6 Å². The minimum atomic E-state index is -1.72. The summed E-state index contributed by atoms with van der Waals surface area (Å²) in [6.45, 7) is 17.8. The van der Waals surface area contributed by atoms with Gasteiger partial charge >= 0.3 is 5.97 Å². The van der Waals surface area contributed by atoms with Gasteiger partial charge in [-0.25, -0.2) is 0 Å². The third-order valence-corrected chi connectivity index (χ3v) is 19.3. The molecule has 23 unspecified atom stereocenters. The van der Waals surface area contributed by atoms with Gasteiger partial charge in [-0.3, -0.25) is 9.59 Å². The number of fused-ring (bicyclic) bond motifs is 7. The molecular formula is C49H79NO17. The molecule has 3 saturated heterocycles. The van der Waals surface area contributed by atoms with Crippen LogP contribution in [0.1, 0.15) is 120 Å². The second-order valence-electron chi connectivity index (χ2n) is 23.9. The number of allylic oxidation sites excluding steroid dienone is 2. The van der Waals surface area contributed by atoms with Gasteiger partial charge in [0.2, 0.25) is 5.91 Å². The Kier molecular flexibility index (Phi) is 13.8. The molecule has 67 heavy (non-hydrogen) atoms. The maximum Gasteiger partial charge on any atom is 0.312 e. The lowest BCUT2D eigenvalue weighted by atomic mass is 9.33. The van der Waals surface area contributed by atoms with Gasteiger partial charge in [0, 0.05) is 6.92 Å². The van der Waals surface area contributed by atoms with Gasteiger partial charge in [-0.05, 0) is 110 Å². The summed E-state index contributed by atoms with van der Waals surface area (Å²) in [7, 11) is 0. The molecule has 4 saturated carbocycles. The summed E-state index contributed by atoms with van der Waals surface area (Å²) in [6, 6.07) is -1.17. The number of hydrogen-bond donors (Lipinski definition) is 10. The third-order valence-electron chi connectivity index (χ3n) is 19.3. The summed E-state index contributed by atoms with van der Waals surface area (Å²) >= 11 is 0. The van der Waals surface area contributed by atoms with Crippen molar-refractivity contribution in [1.29, 1.82) is 0 Å². The summed E-state index contributed by atoms with van der Waals surface area (Å²) in [5.74, 6) is -1.22. The number of carboxylic acid groups (broad SMARTS) is 1. The molecule has 0 aromatic heterocycles. The molecule has 18 nitrogen and oxygen atoms in total. The van der Waals surface area contributed by atoms with Crippen molar-refractivity contribution in [3.05, 3.63) is 11.6 Å². The molecular weight excluding hydrogens is 875 g/mol. The van der Waals surface area contributed by atoms with Gasteiger partial charge in [0.25, 0.3) is 0 Å². The van der Waals surface area contributed by atoms with Crippen LogP contribution < -0.4 is 5.32 Å². The number of ether oxygens (including phenoxy) is 6. The molecule has 0 bridgehead atoms. The molecule has 18 heteroatoms. The lowest BCUT2D eigenvalue weighted by Crippen LogP contribution is -2.68. The molecule has 23 atom stereocenters.